The van der Waals surface area contributed by atoms with Crippen LogP contribution in [0.5, 0.6) is 0 Å². The molecule has 1 heterocycles. The third-order valence-electron chi connectivity index (χ3n) is 2.27. The molecule has 0 saturated heterocycles. The van der Waals surface area contributed by atoms with Crippen LogP contribution in [0.1, 0.15) is 29.4 Å². The Hall–Kier alpha value is -1.36. The highest BCUT2D eigenvalue weighted by Gasteiger charge is 2.10. The summed E-state index contributed by atoms with van der Waals surface area (Å²) in [6.07, 6.45) is 1.27. The number of carboxylic acid groups (broad SMARTS) is 1. The van der Waals surface area contributed by atoms with Crippen molar-refractivity contribution < 1.29 is 14.7 Å². The van der Waals surface area contributed by atoms with Crippen LogP contribution in [0, 0.1) is 5.92 Å². The average molecular weight is 241 g/mol. The summed E-state index contributed by atoms with van der Waals surface area (Å²) in [5, 5.41) is 13.3. The lowest BCUT2D eigenvalue weighted by molar-refractivity contribution is -0.141. The maximum Gasteiger partial charge on any atom is 0.306 e. The van der Waals surface area contributed by atoms with Crippen LogP contribution in [0.15, 0.2) is 17.5 Å². The van der Waals surface area contributed by atoms with Crippen LogP contribution >= 0.6 is 11.3 Å². The van der Waals surface area contributed by atoms with Gasteiger partial charge in [-0.3, -0.25) is 9.59 Å². The van der Waals surface area contributed by atoms with Gasteiger partial charge in [-0.25, -0.2) is 0 Å². The molecule has 4 nitrogen and oxygen atoms in total. The first-order chi connectivity index (χ1) is 7.61. The predicted octanol–water partition coefficient (Wildman–Crippen LogP) is 1.98. The molecule has 0 aliphatic carbocycles. The molecule has 16 heavy (non-hydrogen) atoms. The topological polar surface area (TPSA) is 66.4 Å². The van der Waals surface area contributed by atoms with Gasteiger partial charge in [0.25, 0.3) is 5.91 Å². The van der Waals surface area contributed by atoms with E-state index in [1.165, 1.54) is 11.3 Å². The van der Waals surface area contributed by atoms with Crippen LogP contribution in [0.2, 0.25) is 0 Å². The van der Waals surface area contributed by atoms with E-state index in [0.717, 1.165) is 0 Å². The summed E-state index contributed by atoms with van der Waals surface area (Å²) in [5.41, 5.74) is 0. The maximum atomic E-state index is 11.5. The Morgan fingerprint density at radius 2 is 2.31 bits per heavy atom. The van der Waals surface area contributed by atoms with Gasteiger partial charge in [0.15, 0.2) is 0 Å². The predicted molar refractivity (Wildman–Crippen MR) is 62.7 cm³/mol. The van der Waals surface area contributed by atoms with Gasteiger partial charge in [0.05, 0.1) is 10.8 Å². The molecule has 1 rings (SSSR count). The Balaban J connectivity index is 2.17. The molecule has 5 heteroatoms. The number of carboxylic acids is 1. The fraction of sp³-hybridized carbons (Fsp3) is 0.455. The largest absolute Gasteiger partial charge is 0.481 e. The van der Waals surface area contributed by atoms with E-state index in [0.29, 0.717) is 24.3 Å². The summed E-state index contributed by atoms with van der Waals surface area (Å²) in [7, 11) is 0. The fourth-order valence-electron chi connectivity index (χ4n) is 1.23. The summed E-state index contributed by atoms with van der Waals surface area (Å²) in [6, 6.07) is 3.59. The van der Waals surface area contributed by atoms with Crippen molar-refractivity contribution in [2.75, 3.05) is 6.54 Å². The first-order valence-electron chi connectivity index (χ1n) is 5.15. The van der Waals surface area contributed by atoms with E-state index >= 15 is 0 Å². The standard InChI is InChI=1S/C11H15NO3S/c1-8(11(14)15)4-2-6-12-10(13)9-5-3-7-16-9/h3,5,7-8H,2,4,6H2,1H3,(H,12,13)(H,14,15). The van der Waals surface area contributed by atoms with Gasteiger partial charge in [-0.05, 0) is 24.3 Å². The molecular weight excluding hydrogens is 226 g/mol. The third kappa shape index (κ3) is 4.02. The van der Waals surface area contributed by atoms with E-state index in [1.54, 1.807) is 13.0 Å². The van der Waals surface area contributed by atoms with Crippen LogP contribution in [0.25, 0.3) is 0 Å². The molecule has 1 aromatic heterocycles. The lowest BCUT2D eigenvalue weighted by atomic mass is 10.1. The van der Waals surface area contributed by atoms with Crippen molar-refractivity contribution in [3.05, 3.63) is 22.4 Å². The number of hydrogen-bond donors (Lipinski definition) is 2. The van der Waals surface area contributed by atoms with Crippen molar-refractivity contribution in [1.29, 1.82) is 0 Å². The Labute approximate surface area is 98.3 Å². The number of thiophene rings is 1. The smallest absolute Gasteiger partial charge is 0.306 e. The van der Waals surface area contributed by atoms with Crippen LogP contribution in [-0.4, -0.2) is 23.5 Å². The van der Waals surface area contributed by atoms with Crippen molar-refractivity contribution >= 4 is 23.2 Å². The zero-order valence-electron chi connectivity index (χ0n) is 9.10. The van der Waals surface area contributed by atoms with Gasteiger partial charge in [-0.2, -0.15) is 0 Å². The minimum Gasteiger partial charge on any atom is -0.481 e. The number of carbonyl (C=O) groups is 2. The monoisotopic (exact) mass is 241 g/mol. The third-order valence-corrected chi connectivity index (χ3v) is 3.13. The zero-order chi connectivity index (χ0) is 12.0. The molecule has 1 unspecified atom stereocenters. The van der Waals surface area contributed by atoms with Crippen LogP contribution in [-0.2, 0) is 4.79 Å². The number of amides is 1. The first kappa shape index (κ1) is 12.7. The van der Waals surface area contributed by atoms with Crippen molar-refractivity contribution in [2.45, 2.75) is 19.8 Å². The van der Waals surface area contributed by atoms with Crippen LogP contribution < -0.4 is 5.32 Å². The normalized spacial score (nSPS) is 12.1. The van der Waals surface area contributed by atoms with Gasteiger partial charge in [0, 0.05) is 6.54 Å². The van der Waals surface area contributed by atoms with Crippen LogP contribution in [0.3, 0.4) is 0 Å². The minimum absolute atomic E-state index is 0.0852. The van der Waals surface area contributed by atoms with Gasteiger partial charge in [-0.1, -0.05) is 13.0 Å². The zero-order valence-corrected chi connectivity index (χ0v) is 9.92. The second-order valence-corrected chi connectivity index (χ2v) is 4.56. The molecule has 88 valence electrons. The van der Waals surface area contributed by atoms with Crippen LogP contribution in [0.4, 0.5) is 0 Å². The molecule has 0 saturated carbocycles. The molecule has 0 bridgehead atoms. The second kappa shape index (κ2) is 6.27. The average Bonchev–Trinajstić information content (AvgIpc) is 2.76. The lowest BCUT2D eigenvalue weighted by Gasteiger charge is -2.06. The summed E-state index contributed by atoms with van der Waals surface area (Å²) in [5.74, 6) is -1.22. The van der Waals surface area contributed by atoms with Gasteiger partial charge < -0.3 is 10.4 Å². The highest BCUT2D eigenvalue weighted by atomic mass is 32.1. The van der Waals surface area contributed by atoms with E-state index in [4.69, 9.17) is 5.11 Å². The van der Waals surface area contributed by atoms with Crippen molar-refractivity contribution in [3.63, 3.8) is 0 Å². The van der Waals surface area contributed by atoms with Crippen molar-refractivity contribution in [3.8, 4) is 0 Å². The van der Waals surface area contributed by atoms with E-state index in [9.17, 15) is 9.59 Å². The Kier molecular flexibility index (Phi) is 4.98. The number of aliphatic carboxylic acids is 1. The molecule has 1 aromatic rings. The molecule has 0 aliphatic heterocycles. The number of hydrogen-bond acceptors (Lipinski definition) is 3. The molecule has 0 spiro atoms. The summed E-state index contributed by atoms with van der Waals surface area (Å²) >= 11 is 1.39. The van der Waals surface area contributed by atoms with E-state index in [1.807, 2.05) is 11.4 Å². The lowest BCUT2D eigenvalue weighted by Crippen LogP contribution is -2.24. The van der Waals surface area contributed by atoms with Gasteiger partial charge in [0.1, 0.15) is 0 Å². The summed E-state index contributed by atoms with van der Waals surface area (Å²) in [4.78, 5) is 22.7. The molecule has 0 radical (unpaired) electrons. The molecule has 1 amide bonds. The SMILES string of the molecule is CC(CCCNC(=O)c1cccs1)C(=O)O. The Morgan fingerprint density at radius 3 is 2.88 bits per heavy atom. The Bertz CT molecular complexity index is 348. The van der Waals surface area contributed by atoms with Gasteiger partial charge in [0.2, 0.25) is 0 Å². The highest BCUT2D eigenvalue weighted by Crippen LogP contribution is 2.08. The molecule has 0 fully saturated rings. The van der Waals surface area contributed by atoms with Crippen molar-refractivity contribution in [1.82, 2.24) is 5.32 Å². The van der Waals surface area contributed by atoms with Gasteiger partial charge in [-0.15, -0.1) is 11.3 Å². The quantitative estimate of drug-likeness (QED) is 0.748. The number of rotatable bonds is 6. The van der Waals surface area contributed by atoms with E-state index in [2.05, 4.69) is 5.32 Å². The molecule has 1 atom stereocenters. The number of nitrogens with one attached hydrogen (secondary N) is 1. The summed E-state index contributed by atoms with van der Waals surface area (Å²) in [6.45, 7) is 2.19. The highest BCUT2D eigenvalue weighted by molar-refractivity contribution is 7.12. The van der Waals surface area contributed by atoms with Crippen molar-refractivity contribution in [2.24, 2.45) is 5.92 Å². The minimum atomic E-state index is -0.787. The molecule has 2 N–H and O–H groups in total. The molecular formula is C11H15NO3S. The van der Waals surface area contributed by atoms with Gasteiger partial charge >= 0.3 is 5.97 Å². The number of carbonyl (C=O) groups excluding carboxylic acids is 1. The second-order valence-electron chi connectivity index (χ2n) is 3.61. The maximum absolute atomic E-state index is 11.5. The fourth-order valence-corrected chi connectivity index (χ4v) is 1.87. The first-order valence-corrected chi connectivity index (χ1v) is 6.03. The summed E-state index contributed by atoms with van der Waals surface area (Å²) < 4.78 is 0. The molecule has 0 aliphatic rings. The Morgan fingerprint density at radius 1 is 1.56 bits per heavy atom. The molecule has 0 aromatic carbocycles. The van der Waals surface area contributed by atoms with E-state index in [-0.39, 0.29) is 11.8 Å². The van der Waals surface area contributed by atoms with E-state index < -0.39 is 5.97 Å².